The highest BCUT2D eigenvalue weighted by atomic mass is 31.1. The molecule has 0 aromatic heterocycles. The topological polar surface area (TPSA) is 15.0 Å². The van der Waals surface area contributed by atoms with Crippen molar-refractivity contribution in [3.05, 3.63) is 126 Å². The largest absolute Gasteiger partial charge is 0.284 e. The first kappa shape index (κ1) is 23.0. The molecule has 0 unspecified atom stereocenters. The Morgan fingerprint density at radius 2 is 1.27 bits per heavy atom. The maximum atomic E-state index is 3.85. The minimum absolute atomic E-state index is 0.763. The molecular weight excluding hydrogens is 419 g/mol. The number of hydrogen-bond acceptors (Lipinski definition) is 0. The van der Waals surface area contributed by atoms with Gasteiger partial charge in [-0.3, -0.25) is 0 Å². The summed E-state index contributed by atoms with van der Waals surface area (Å²) in [6.07, 6.45) is 2.18. The summed E-state index contributed by atoms with van der Waals surface area (Å²) in [6, 6.07) is 39.2. The third-order valence-corrected chi connectivity index (χ3v) is 8.11. The van der Waals surface area contributed by atoms with Crippen molar-refractivity contribution in [3.8, 4) is 0 Å². The van der Waals surface area contributed by atoms with E-state index in [2.05, 4.69) is 140 Å². The highest BCUT2D eigenvalue weighted by Gasteiger charge is 2.26. The molecule has 0 aliphatic heterocycles. The summed E-state index contributed by atoms with van der Waals surface area (Å²) in [4.78, 5) is 0. The number of hydrogen-bond donors (Lipinski definition) is 1. The molecule has 4 aromatic carbocycles. The Kier molecular flexibility index (Phi) is 7.70. The molecule has 0 radical (unpaired) electrons. The van der Waals surface area contributed by atoms with E-state index in [1.54, 1.807) is 0 Å². The third kappa shape index (κ3) is 5.59. The van der Waals surface area contributed by atoms with Crippen molar-refractivity contribution in [2.24, 2.45) is 0 Å². The molecule has 1 N–H and O–H groups in total. The number of nitrogens with zero attached hydrogens (tertiary/aromatic N) is 1. The fraction of sp³-hybridized carbons (Fsp3) is 0.167. The van der Waals surface area contributed by atoms with Gasteiger partial charge in [-0.2, -0.15) is 0 Å². The molecule has 0 atom stereocenters. The maximum Gasteiger partial charge on any atom is 0.284 e. The van der Waals surface area contributed by atoms with E-state index in [9.17, 15) is 0 Å². The molecular formula is C30H32N2P+. The number of rotatable bonds is 7. The Morgan fingerprint density at radius 3 is 1.85 bits per heavy atom. The minimum Gasteiger partial charge on any atom is -0.240 e. The van der Waals surface area contributed by atoms with E-state index in [1.807, 2.05) is 0 Å². The smallest absolute Gasteiger partial charge is 0.240 e. The van der Waals surface area contributed by atoms with E-state index >= 15 is 0 Å². The van der Waals surface area contributed by atoms with Crippen LogP contribution >= 0.6 is 8.07 Å². The van der Waals surface area contributed by atoms with Crippen molar-refractivity contribution in [2.75, 3.05) is 12.4 Å². The van der Waals surface area contributed by atoms with Crippen LogP contribution in [0.1, 0.15) is 30.0 Å². The van der Waals surface area contributed by atoms with Gasteiger partial charge in [-0.1, -0.05) is 110 Å². The molecule has 0 bridgehead atoms. The second kappa shape index (κ2) is 11.1. The number of nitrogens with one attached hydrogen (secondary N) is 1. The van der Waals surface area contributed by atoms with Crippen LogP contribution in [-0.4, -0.2) is 17.2 Å². The maximum absolute atomic E-state index is 3.85. The van der Waals surface area contributed by atoms with Crippen LogP contribution in [0.4, 0.5) is 5.69 Å². The van der Waals surface area contributed by atoms with Crippen LogP contribution in [0, 0.1) is 6.92 Å². The molecule has 4 rings (SSSR count). The first-order valence-corrected chi connectivity index (χ1v) is 12.9. The average Bonchev–Trinajstić information content (AvgIpc) is 2.86. The molecule has 0 amide bonds. The molecule has 4 aromatic rings. The van der Waals surface area contributed by atoms with E-state index < -0.39 is 8.07 Å². The van der Waals surface area contributed by atoms with Crippen molar-refractivity contribution in [2.45, 2.75) is 26.7 Å². The van der Waals surface area contributed by atoms with Gasteiger partial charge in [0.2, 0.25) is 0 Å². The zero-order valence-corrected chi connectivity index (χ0v) is 20.6. The van der Waals surface area contributed by atoms with Gasteiger partial charge in [0.25, 0.3) is 5.84 Å². The van der Waals surface area contributed by atoms with Crippen molar-refractivity contribution < 1.29 is 4.35 Å². The van der Waals surface area contributed by atoms with Crippen molar-refractivity contribution >= 4 is 30.2 Å². The van der Waals surface area contributed by atoms with Gasteiger partial charge in [-0.05, 0) is 37.1 Å². The Labute approximate surface area is 199 Å². The summed E-state index contributed by atoms with van der Waals surface area (Å²) in [6.45, 7) is 4.37. The average molecular weight is 452 g/mol. The Hall–Kier alpha value is -3.22. The minimum atomic E-state index is -0.763. The molecule has 166 valence electrons. The standard InChI is InChI=1S/C30H31N2P/c1-4-13-25-14-11-12-19-29(25)31-30(26-22-20-24(2)21-23-26)32(3)33(27-15-7-5-8-16-27)28-17-9-6-10-18-28/h5-12,14-23H,4,13H2,1-3H3/p+1. The molecule has 2 nitrogen and oxygen atoms in total. The molecule has 0 aliphatic rings. The zero-order valence-electron chi connectivity index (χ0n) is 19.7. The van der Waals surface area contributed by atoms with Gasteiger partial charge in [0.1, 0.15) is 5.69 Å². The van der Waals surface area contributed by atoms with Gasteiger partial charge in [0, 0.05) is 10.6 Å². The summed E-state index contributed by atoms with van der Waals surface area (Å²) in [5.74, 6) is 1.12. The number of aryl methyl sites for hydroxylation is 2. The second-order valence-corrected chi connectivity index (χ2v) is 10.5. The van der Waals surface area contributed by atoms with Crippen molar-refractivity contribution in [3.63, 3.8) is 0 Å². The molecule has 0 fully saturated rings. The second-order valence-electron chi connectivity index (χ2n) is 8.25. The lowest BCUT2D eigenvalue weighted by Crippen LogP contribution is -2.29. The molecule has 33 heavy (non-hydrogen) atoms. The lowest BCUT2D eigenvalue weighted by atomic mass is 10.1. The normalized spacial score (nSPS) is 11.9. The highest BCUT2D eigenvalue weighted by molar-refractivity contribution is 7.67. The summed E-state index contributed by atoms with van der Waals surface area (Å²) in [5, 5.41) is 6.50. The summed E-state index contributed by atoms with van der Waals surface area (Å²) in [5.41, 5.74) is 4.98. The Balaban J connectivity index is 1.90. The molecule has 0 heterocycles. The lowest BCUT2D eigenvalue weighted by molar-refractivity contribution is -0.319. The summed E-state index contributed by atoms with van der Waals surface area (Å²) < 4.78 is 2.44. The van der Waals surface area contributed by atoms with Crippen LogP contribution in [0.5, 0.6) is 0 Å². The monoisotopic (exact) mass is 451 g/mol. The van der Waals surface area contributed by atoms with Crippen LogP contribution in [0.15, 0.2) is 109 Å². The van der Waals surface area contributed by atoms with Gasteiger partial charge in [-0.25, -0.2) is 9.66 Å². The number of anilines is 1. The van der Waals surface area contributed by atoms with Gasteiger partial charge >= 0.3 is 0 Å². The fourth-order valence-corrected chi connectivity index (χ4v) is 6.31. The van der Waals surface area contributed by atoms with Gasteiger partial charge in [0.05, 0.1) is 12.6 Å². The van der Waals surface area contributed by atoms with Crippen LogP contribution < -0.4 is 15.9 Å². The zero-order chi connectivity index (χ0) is 23.0. The summed E-state index contributed by atoms with van der Waals surface area (Å²) >= 11 is 0. The molecule has 3 heteroatoms. The SMILES string of the molecule is CCCc1ccccc1NC(c1ccc(C)cc1)=[N+](C)P(c1ccccc1)c1ccccc1. The predicted octanol–water partition coefficient (Wildman–Crippen LogP) is 6.50. The lowest BCUT2D eigenvalue weighted by Gasteiger charge is -2.20. The quantitative estimate of drug-likeness (QED) is 0.193. The third-order valence-electron chi connectivity index (χ3n) is 5.74. The van der Waals surface area contributed by atoms with E-state index in [0.29, 0.717) is 0 Å². The van der Waals surface area contributed by atoms with Crippen molar-refractivity contribution in [1.82, 2.24) is 0 Å². The van der Waals surface area contributed by atoms with E-state index in [1.165, 1.54) is 33.0 Å². The van der Waals surface area contributed by atoms with E-state index in [0.717, 1.165) is 18.7 Å². The molecule has 0 spiro atoms. The van der Waals surface area contributed by atoms with E-state index in [-0.39, 0.29) is 0 Å². The Bertz CT molecular complexity index is 1160. The van der Waals surface area contributed by atoms with Crippen LogP contribution in [0.3, 0.4) is 0 Å². The predicted molar refractivity (Wildman–Crippen MR) is 145 cm³/mol. The fourth-order valence-electron chi connectivity index (χ4n) is 4.04. The van der Waals surface area contributed by atoms with Crippen LogP contribution in [-0.2, 0) is 6.42 Å². The van der Waals surface area contributed by atoms with Gasteiger partial charge in [0.15, 0.2) is 8.07 Å². The van der Waals surface area contributed by atoms with Gasteiger partial charge in [-0.15, -0.1) is 0 Å². The van der Waals surface area contributed by atoms with E-state index in [4.69, 9.17) is 0 Å². The van der Waals surface area contributed by atoms with Crippen molar-refractivity contribution in [1.29, 1.82) is 0 Å². The summed E-state index contributed by atoms with van der Waals surface area (Å²) in [7, 11) is 1.46. The molecule has 0 aliphatic carbocycles. The van der Waals surface area contributed by atoms with Crippen LogP contribution in [0.2, 0.25) is 0 Å². The first-order chi connectivity index (χ1) is 16.2. The number of benzene rings is 4. The number of amidine groups is 1. The Morgan fingerprint density at radius 1 is 0.727 bits per heavy atom. The highest BCUT2D eigenvalue weighted by Crippen LogP contribution is 2.34. The first-order valence-electron chi connectivity index (χ1n) is 11.6. The van der Waals surface area contributed by atoms with Gasteiger partial charge < -0.3 is 0 Å². The molecule has 0 saturated heterocycles. The molecule has 0 saturated carbocycles. The van der Waals surface area contributed by atoms with Crippen LogP contribution in [0.25, 0.3) is 0 Å². The number of para-hydroxylation sites is 1.